The van der Waals surface area contributed by atoms with Crippen molar-refractivity contribution >= 4 is 5.78 Å². The minimum atomic E-state index is -0.405. The van der Waals surface area contributed by atoms with Crippen LogP contribution in [0.2, 0.25) is 0 Å². The third kappa shape index (κ3) is 2.95. The predicted octanol–water partition coefficient (Wildman–Crippen LogP) is 3.43. The lowest BCUT2D eigenvalue weighted by Gasteiger charge is -2.27. The molecule has 0 aliphatic carbocycles. The molecule has 6 heteroatoms. The molecule has 0 amide bonds. The van der Waals surface area contributed by atoms with E-state index >= 15 is 0 Å². The lowest BCUT2D eigenvalue weighted by molar-refractivity contribution is 0.0843. The van der Waals surface area contributed by atoms with Gasteiger partial charge in [-0.15, -0.1) is 0 Å². The summed E-state index contributed by atoms with van der Waals surface area (Å²) in [5.74, 6) is 2.54. The molecule has 0 saturated carbocycles. The number of fused-ring (bicyclic) bond motifs is 1. The highest BCUT2D eigenvalue weighted by atomic mass is 16.5. The zero-order valence-corrected chi connectivity index (χ0v) is 14.6. The van der Waals surface area contributed by atoms with Crippen LogP contribution in [0.1, 0.15) is 28.4 Å². The normalized spacial score (nSPS) is 15.8. The van der Waals surface area contributed by atoms with Crippen molar-refractivity contribution in [3.05, 3.63) is 41.5 Å². The molecule has 0 spiro atoms. The molecule has 0 saturated heterocycles. The van der Waals surface area contributed by atoms with Crippen molar-refractivity contribution in [1.29, 1.82) is 0 Å². The molecule has 132 valence electrons. The van der Waals surface area contributed by atoms with Crippen molar-refractivity contribution in [3.8, 4) is 28.7 Å². The quantitative estimate of drug-likeness (QED) is 0.828. The molecule has 0 radical (unpaired) electrons. The molecular formula is C19H20O6. The standard InChI is InChI=1S/C19H20O6/c1-21-13-6-5-11(9-17(13)23-3)16-10-12(20)18-14(25-16)7-8-15(22-2)19(18)24-4/h5-9,16H,10H2,1-4H3. The van der Waals surface area contributed by atoms with E-state index in [-0.39, 0.29) is 12.2 Å². The lowest BCUT2D eigenvalue weighted by atomic mass is 9.95. The highest BCUT2D eigenvalue weighted by Gasteiger charge is 2.32. The summed E-state index contributed by atoms with van der Waals surface area (Å²) in [5.41, 5.74) is 1.25. The van der Waals surface area contributed by atoms with Gasteiger partial charge in [-0.2, -0.15) is 0 Å². The minimum absolute atomic E-state index is 0.0585. The molecule has 6 nitrogen and oxygen atoms in total. The minimum Gasteiger partial charge on any atom is -0.493 e. The van der Waals surface area contributed by atoms with Crippen molar-refractivity contribution in [3.63, 3.8) is 0 Å². The fraction of sp³-hybridized carbons (Fsp3) is 0.316. The molecule has 0 aromatic heterocycles. The number of benzene rings is 2. The maximum atomic E-state index is 12.7. The van der Waals surface area contributed by atoms with E-state index in [0.717, 1.165) is 5.56 Å². The van der Waals surface area contributed by atoms with Gasteiger partial charge in [0.05, 0.1) is 34.9 Å². The van der Waals surface area contributed by atoms with Crippen LogP contribution in [0, 0.1) is 0 Å². The highest BCUT2D eigenvalue weighted by Crippen LogP contribution is 2.44. The summed E-state index contributed by atoms with van der Waals surface area (Å²) < 4.78 is 27.2. The smallest absolute Gasteiger partial charge is 0.175 e. The van der Waals surface area contributed by atoms with Gasteiger partial charge in [0.1, 0.15) is 17.4 Å². The van der Waals surface area contributed by atoms with Crippen LogP contribution in [0.15, 0.2) is 30.3 Å². The Morgan fingerprint density at radius 3 is 2.20 bits per heavy atom. The summed E-state index contributed by atoms with van der Waals surface area (Å²) in [6, 6.07) is 8.93. The predicted molar refractivity (Wildman–Crippen MR) is 91.4 cm³/mol. The van der Waals surface area contributed by atoms with E-state index in [2.05, 4.69) is 0 Å². The Morgan fingerprint density at radius 1 is 0.880 bits per heavy atom. The number of methoxy groups -OCH3 is 4. The number of hydrogen-bond acceptors (Lipinski definition) is 6. The van der Waals surface area contributed by atoms with Crippen molar-refractivity contribution in [2.45, 2.75) is 12.5 Å². The van der Waals surface area contributed by atoms with Gasteiger partial charge in [-0.05, 0) is 29.8 Å². The van der Waals surface area contributed by atoms with Crippen LogP contribution in [0.25, 0.3) is 0 Å². The summed E-state index contributed by atoms with van der Waals surface area (Å²) in [4.78, 5) is 12.7. The fourth-order valence-electron chi connectivity index (χ4n) is 2.98. The monoisotopic (exact) mass is 344 g/mol. The van der Waals surface area contributed by atoms with Gasteiger partial charge in [0.25, 0.3) is 0 Å². The molecule has 2 aromatic carbocycles. The summed E-state index contributed by atoms with van der Waals surface area (Å²) in [6.07, 6.45) is -0.204. The molecule has 1 atom stereocenters. The largest absolute Gasteiger partial charge is 0.493 e. The molecule has 25 heavy (non-hydrogen) atoms. The van der Waals surface area contributed by atoms with Gasteiger partial charge >= 0.3 is 0 Å². The van der Waals surface area contributed by atoms with Crippen molar-refractivity contribution < 1.29 is 28.5 Å². The van der Waals surface area contributed by atoms with Crippen LogP contribution in [-0.4, -0.2) is 34.2 Å². The molecule has 1 aliphatic heterocycles. The Balaban J connectivity index is 1.98. The fourth-order valence-corrected chi connectivity index (χ4v) is 2.98. The molecule has 1 unspecified atom stereocenters. The van der Waals surface area contributed by atoms with Crippen LogP contribution >= 0.6 is 0 Å². The number of carbonyl (C=O) groups is 1. The topological polar surface area (TPSA) is 63.2 Å². The Kier molecular flexibility index (Phi) is 4.70. The first-order valence-corrected chi connectivity index (χ1v) is 7.79. The van der Waals surface area contributed by atoms with Crippen molar-refractivity contribution in [2.24, 2.45) is 0 Å². The maximum Gasteiger partial charge on any atom is 0.175 e. The van der Waals surface area contributed by atoms with E-state index < -0.39 is 6.10 Å². The average molecular weight is 344 g/mol. The summed E-state index contributed by atoms with van der Waals surface area (Å²) in [7, 11) is 6.19. The second kappa shape index (κ2) is 6.93. The Hall–Kier alpha value is -2.89. The zero-order chi connectivity index (χ0) is 18.0. The Labute approximate surface area is 146 Å². The first-order chi connectivity index (χ1) is 12.1. The van der Waals surface area contributed by atoms with E-state index in [4.69, 9.17) is 23.7 Å². The molecule has 1 heterocycles. The number of ketones is 1. The van der Waals surface area contributed by atoms with E-state index in [1.165, 1.54) is 14.2 Å². The second-order valence-corrected chi connectivity index (χ2v) is 5.52. The third-order valence-electron chi connectivity index (χ3n) is 4.21. The first kappa shape index (κ1) is 17.0. The van der Waals surface area contributed by atoms with E-state index in [1.54, 1.807) is 32.4 Å². The molecule has 1 aliphatic rings. The maximum absolute atomic E-state index is 12.7. The van der Waals surface area contributed by atoms with Gasteiger partial charge in [-0.1, -0.05) is 6.07 Å². The molecule has 3 rings (SSSR count). The second-order valence-electron chi connectivity index (χ2n) is 5.52. The van der Waals surface area contributed by atoms with Crippen LogP contribution in [-0.2, 0) is 0 Å². The summed E-state index contributed by atoms with van der Waals surface area (Å²) in [5, 5.41) is 0. The average Bonchev–Trinajstić information content (AvgIpc) is 2.66. The van der Waals surface area contributed by atoms with Crippen LogP contribution in [0.5, 0.6) is 28.7 Å². The van der Waals surface area contributed by atoms with Crippen LogP contribution in [0.4, 0.5) is 0 Å². The number of ether oxygens (including phenoxy) is 5. The van der Waals surface area contributed by atoms with Crippen LogP contribution in [0.3, 0.4) is 0 Å². The number of hydrogen-bond donors (Lipinski definition) is 0. The molecule has 0 fully saturated rings. The number of carbonyl (C=O) groups excluding carboxylic acids is 1. The SMILES string of the molecule is COc1ccc(C2CC(=O)c3c(ccc(OC)c3OC)O2)cc1OC. The molecule has 0 bridgehead atoms. The van der Waals surface area contributed by atoms with Crippen molar-refractivity contribution in [1.82, 2.24) is 0 Å². The van der Waals surface area contributed by atoms with E-state index in [0.29, 0.717) is 34.3 Å². The van der Waals surface area contributed by atoms with E-state index in [9.17, 15) is 4.79 Å². The van der Waals surface area contributed by atoms with Gasteiger partial charge in [0.15, 0.2) is 28.8 Å². The van der Waals surface area contributed by atoms with Gasteiger partial charge < -0.3 is 23.7 Å². The summed E-state index contributed by atoms with van der Waals surface area (Å²) in [6.45, 7) is 0. The van der Waals surface area contributed by atoms with Gasteiger partial charge in [0, 0.05) is 0 Å². The van der Waals surface area contributed by atoms with Crippen molar-refractivity contribution in [2.75, 3.05) is 28.4 Å². The van der Waals surface area contributed by atoms with Crippen LogP contribution < -0.4 is 23.7 Å². The number of Topliss-reactive ketones (excluding diaryl/α,β-unsaturated/α-hetero) is 1. The highest BCUT2D eigenvalue weighted by molar-refractivity contribution is 6.03. The van der Waals surface area contributed by atoms with Gasteiger partial charge in [-0.25, -0.2) is 0 Å². The number of rotatable bonds is 5. The zero-order valence-electron chi connectivity index (χ0n) is 14.6. The summed E-state index contributed by atoms with van der Waals surface area (Å²) >= 11 is 0. The molecular weight excluding hydrogens is 324 g/mol. The van der Waals surface area contributed by atoms with Gasteiger partial charge in [-0.3, -0.25) is 4.79 Å². The van der Waals surface area contributed by atoms with E-state index in [1.807, 2.05) is 12.1 Å². The molecule has 0 N–H and O–H groups in total. The Morgan fingerprint density at radius 2 is 1.56 bits per heavy atom. The Bertz CT molecular complexity index is 799. The van der Waals surface area contributed by atoms with Gasteiger partial charge in [0.2, 0.25) is 0 Å². The lowest BCUT2D eigenvalue weighted by Crippen LogP contribution is -2.21. The molecule has 2 aromatic rings. The first-order valence-electron chi connectivity index (χ1n) is 7.79. The third-order valence-corrected chi connectivity index (χ3v) is 4.21.